The smallest absolute Gasteiger partial charge is 0.158 e. The van der Waals surface area contributed by atoms with E-state index in [1.54, 1.807) is 13.0 Å². The van der Waals surface area contributed by atoms with Gasteiger partial charge in [-0.1, -0.05) is 5.16 Å². The molecule has 0 atom stereocenters. The zero-order valence-electron chi connectivity index (χ0n) is 6.52. The molecule has 0 radical (unpaired) electrons. The van der Waals surface area contributed by atoms with E-state index in [-0.39, 0.29) is 11.5 Å². The molecule has 0 aromatic heterocycles. The van der Waals surface area contributed by atoms with E-state index in [0.717, 1.165) is 0 Å². The van der Waals surface area contributed by atoms with Crippen LogP contribution in [0.1, 0.15) is 12.5 Å². The minimum Gasteiger partial charge on any atom is -0.504 e. The van der Waals surface area contributed by atoms with Crippen molar-refractivity contribution in [1.29, 1.82) is 0 Å². The number of phenols is 2. The third kappa shape index (κ3) is 1.47. The molecule has 0 amide bonds. The topological polar surface area (TPSA) is 73.1 Å². The fraction of sp³-hybridized carbons (Fsp3) is 0.125. The van der Waals surface area contributed by atoms with Crippen LogP contribution in [0.3, 0.4) is 0 Å². The van der Waals surface area contributed by atoms with Gasteiger partial charge in [0.05, 0.1) is 5.71 Å². The Balaban J connectivity index is 3.13. The zero-order chi connectivity index (χ0) is 9.14. The summed E-state index contributed by atoms with van der Waals surface area (Å²) in [4.78, 5) is 0. The van der Waals surface area contributed by atoms with Crippen molar-refractivity contribution >= 4 is 5.71 Å². The predicted octanol–water partition coefficient (Wildman–Crippen LogP) is 1.30. The normalized spacial score (nSPS) is 11.6. The van der Waals surface area contributed by atoms with Gasteiger partial charge in [-0.15, -0.1) is 0 Å². The predicted molar refractivity (Wildman–Crippen MR) is 43.8 cm³/mol. The van der Waals surface area contributed by atoms with Crippen LogP contribution in [0, 0.1) is 0 Å². The van der Waals surface area contributed by atoms with Crippen LogP contribution >= 0.6 is 0 Å². The molecule has 1 aromatic rings. The van der Waals surface area contributed by atoms with E-state index >= 15 is 0 Å². The second-order valence-electron chi connectivity index (χ2n) is 2.39. The van der Waals surface area contributed by atoms with Crippen LogP contribution in [0.4, 0.5) is 0 Å². The lowest BCUT2D eigenvalue weighted by Crippen LogP contribution is -1.93. The summed E-state index contributed by atoms with van der Waals surface area (Å²) in [6.07, 6.45) is 0. The molecule has 0 heterocycles. The lowest BCUT2D eigenvalue weighted by molar-refractivity contribution is 0.319. The Bertz CT molecular complexity index is 320. The van der Waals surface area contributed by atoms with Crippen molar-refractivity contribution in [3.05, 3.63) is 23.8 Å². The third-order valence-electron chi connectivity index (χ3n) is 1.54. The maximum atomic E-state index is 9.06. The molecular formula is C8H9NO3. The van der Waals surface area contributed by atoms with Gasteiger partial charge in [-0.3, -0.25) is 0 Å². The zero-order valence-corrected chi connectivity index (χ0v) is 6.52. The molecule has 1 rings (SSSR count). The molecule has 0 saturated heterocycles. The first-order valence-corrected chi connectivity index (χ1v) is 3.36. The lowest BCUT2D eigenvalue weighted by Gasteiger charge is -2.00. The standard InChI is InChI=1S/C8H9NO3/c1-5(9-12)6-2-3-7(10)8(11)4-6/h2-4,10-12H,1H3/b9-5+. The van der Waals surface area contributed by atoms with E-state index < -0.39 is 0 Å². The van der Waals surface area contributed by atoms with Gasteiger partial charge in [-0.2, -0.15) is 0 Å². The first kappa shape index (κ1) is 8.39. The van der Waals surface area contributed by atoms with E-state index in [1.807, 2.05) is 0 Å². The van der Waals surface area contributed by atoms with Crippen molar-refractivity contribution in [2.24, 2.45) is 5.16 Å². The summed E-state index contributed by atoms with van der Waals surface area (Å²) in [6, 6.07) is 4.20. The highest BCUT2D eigenvalue weighted by molar-refractivity contribution is 5.98. The molecule has 0 aliphatic rings. The van der Waals surface area contributed by atoms with Gasteiger partial charge >= 0.3 is 0 Å². The van der Waals surface area contributed by atoms with Crippen molar-refractivity contribution in [3.63, 3.8) is 0 Å². The van der Waals surface area contributed by atoms with Crippen molar-refractivity contribution in [1.82, 2.24) is 0 Å². The third-order valence-corrected chi connectivity index (χ3v) is 1.54. The molecule has 0 aliphatic carbocycles. The molecule has 0 bridgehead atoms. The van der Waals surface area contributed by atoms with Crippen LogP contribution in [-0.2, 0) is 0 Å². The van der Waals surface area contributed by atoms with Crippen LogP contribution in [0.5, 0.6) is 11.5 Å². The van der Waals surface area contributed by atoms with Gasteiger partial charge in [-0.25, -0.2) is 0 Å². The highest BCUT2D eigenvalue weighted by Crippen LogP contribution is 2.24. The average molecular weight is 167 g/mol. The number of hydrogen-bond acceptors (Lipinski definition) is 4. The van der Waals surface area contributed by atoms with Crippen molar-refractivity contribution in [2.45, 2.75) is 6.92 Å². The van der Waals surface area contributed by atoms with E-state index in [0.29, 0.717) is 11.3 Å². The number of nitrogens with zero attached hydrogens (tertiary/aromatic N) is 1. The first-order valence-electron chi connectivity index (χ1n) is 3.36. The summed E-state index contributed by atoms with van der Waals surface area (Å²) in [5, 5.41) is 29.3. The van der Waals surface area contributed by atoms with E-state index in [4.69, 9.17) is 15.4 Å². The number of aromatic hydroxyl groups is 2. The largest absolute Gasteiger partial charge is 0.504 e. The van der Waals surface area contributed by atoms with E-state index in [2.05, 4.69) is 5.16 Å². The maximum absolute atomic E-state index is 9.06. The Kier molecular flexibility index (Phi) is 2.19. The van der Waals surface area contributed by atoms with Gasteiger partial charge < -0.3 is 15.4 Å². The second kappa shape index (κ2) is 3.13. The van der Waals surface area contributed by atoms with Gasteiger partial charge in [0.1, 0.15) is 0 Å². The fourth-order valence-electron chi connectivity index (χ4n) is 0.806. The van der Waals surface area contributed by atoms with E-state index in [1.165, 1.54) is 12.1 Å². The van der Waals surface area contributed by atoms with Crippen molar-refractivity contribution in [2.75, 3.05) is 0 Å². The Hall–Kier alpha value is -1.71. The quantitative estimate of drug-likeness (QED) is 0.255. The van der Waals surface area contributed by atoms with Crippen molar-refractivity contribution < 1.29 is 15.4 Å². The summed E-state index contributed by atoms with van der Waals surface area (Å²) in [7, 11) is 0. The molecule has 64 valence electrons. The fourth-order valence-corrected chi connectivity index (χ4v) is 0.806. The van der Waals surface area contributed by atoms with E-state index in [9.17, 15) is 0 Å². The highest BCUT2D eigenvalue weighted by Gasteiger charge is 2.02. The molecule has 12 heavy (non-hydrogen) atoms. The molecule has 1 aromatic carbocycles. The Labute approximate surface area is 69.4 Å². The van der Waals surface area contributed by atoms with Gasteiger partial charge in [0.15, 0.2) is 11.5 Å². The maximum Gasteiger partial charge on any atom is 0.158 e. The minimum absolute atomic E-state index is 0.190. The summed E-state index contributed by atoms with van der Waals surface area (Å²) >= 11 is 0. The van der Waals surface area contributed by atoms with Crippen molar-refractivity contribution in [3.8, 4) is 11.5 Å². The molecule has 0 aliphatic heterocycles. The Morgan fingerprint density at radius 2 is 1.92 bits per heavy atom. The number of benzene rings is 1. The molecule has 4 nitrogen and oxygen atoms in total. The molecule has 0 saturated carbocycles. The number of rotatable bonds is 1. The molecule has 0 unspecified atom stereocenters. The molecular weight excluding hydrogens is 158 g/mol. The molecule has 3 N–H and O–H groups in total. The van der Waals surface area contributed by atoms with Gasteiger partial charge in [-0.05, 0) is 25.1 Å². The monoisotopic (exact) mass is 167 g/mol. The summed E-state index contributed by atoms with van der Waals surface area (Å²) in [6.45, 7) is 1.59. The number of hydrogen-bond donors (Lipinski definition) is 3. The molecule has 4 heteroatoms. The number of phenolic OH excluding ortho intramolecular Hbond substituents is 2. The van der Waals surface area contributed by atoms with Gasteiger partial charge in [0.2, 0.25) is 0 Å². The minimum atomic E-state index is -0.226. The highest BCUT2D eigenvalue weighted by atomic mass is 16.4. The lowest BCUT2D eigenvalue weighted by atomic mass is 10.1. The summed E-state index contributed by atoms with van der Waals surface area (Å²) in [5.41, 5.74) is 0.943. The van der Waals surface area contributed by atoms with Crippen LogP contribution in [0.2, 0.25) is 0 Å². The van der Waals surface area contributed by atoms with Crippen LogP contribution in [0.15, 0.2) is 23.4 Å². The summed E-state index contributed by atoms with van der Waals surface area (Å²) < 4.78 is 0. The van der Waals surface area contributed by atoms with Crippen LogP contribution in [0.25, 0.3) is 0 Å². The molecule has 0 spiro atoms. The first-order chi connectivity index (χ1) is 5.65. The molecule has 0 fully saturated rings. The van der Waals surface area contributed by atoms with Crippen LogP contribution < -0.4 is 0 Å². The summed E-state index contributed by atoms with van der Waals surface area (Å²) in [5.74, 6) is -0.417. The SMILES string of the molecule is C/C(=N\O)c1ccc(O)c(O)c1. The second-order valence-corrected chi connectivity index (χ2v) is 2.39. The van der Waals surface area contributed by atoms with Gasteiger partial charge in [0, 0.05) is 5.56 Å². The Morgan fingerprint density at radius 3 is 2.42 bits per heavy atom. The Morgan fingerprint density at radius 1 is 1.25 bits per heavy atom. The number of oxime groups is 1. The van der Waals surface area contributed by atoms with Gasteiger partial charge in [0.25, 0.3) is 0 Å². The average Bonchev–Trinajstić information content (AvgIpc) is 2.08. The van der Waals surface area contributed by atoms with Crippen LogP contribution in [-0.4, -0.2) is 21.1 Å².